The molecule has 0 radical (unpaired) electrons. The molecule has 1 fully saturated rings. The fourth-order valence-corrected chi connectivity index (χ4v) is 3.21. The number of halogens is 3. The molecule has 0 bridgehead atoms. The highest BCUT2D eigenvalue weighted by Gasteiger charge is 2.32. The monoisotopic (exact) mass is 383 g/mol. The van der Waals surface area contributed by atoms with Gasteiger partial charge in [-0.2, -0.15) is 0 Å². The van der Waals surface area contributed by atoms with Crippen LogP contribution in [0.4, 0.5) is 20.3 Å². The molecule has 1 unspecified atom stereocenters. The average Bonchev–Trinajstić information content (AvgIpc) is 2.96. The molecule has 0 spiro atoms. The van der Waals surface area contributed by atoms with Crippen LogP contribution in [-0.4, -0.2) is 23.0 Å². The fraction of sp³-hybridized carbons (Fsp3) is 0.267. The van der Waals surface area contributed by atoms with E-state index in [1.165, 1.54) is 30.5 Å². The number of nitrogens with zero attached hydrogens (tertiary/aromatic N) is 3. The van der Waals surface area contributed by atoms with E-state index in [2.05, 4.69) is 20.9 Å². The maximum atomic E-state index is 13.9. The number of hydrogen-bond donors (Lipinski definition) is 0. The van der Waals surface area contributed by atoms with Crippen molar-refractivity contribution in [3.63, 3.8) is 0 Å². The van der Waals surface area contributed by atoms with Crippen molar-refractivity contribution >= 4 is 27.4 Å². The molecule has 5 nitrogen and oxygen atoms in total. The van der Waals surface area contributed by atoms with Crippen LogP contribution in [0.5, 0.6) is 0 Å². The third kappa shape index (κ3) is 3.03. The van der Waals surface area contributed by atoms with Crippen LogP contribution in [-0.2, 0) is 0 Å². The first-order chi connectivity index (χ1) is 11.0. The fourth-order valence-electron chi connectivity index (χ4n) is 2.89. The molecule has 2 heterocycles. The van der Waals surface area contributed by atoms with Gasteiger partial charge in [-0.05, 0) is 34.5 Å². The molecule has 3 rings (SSSR count). The van der Waals surface area contributed by atoms with E-state index < -0.39 is 16.6 Å². The second-order valence-electron chi connectivity index (χ2n) is 5.32. The van der Waals surface area contributed by atoms with Gasteiger partial charge in [0.1, 0.15) is 11.6 Å². The minimum Gasteiger partial charge on any atom is -0.350 e. The lowest BCUT2D eigenvalue weighted by atomic mass is 9.97. The first-order valence-corrected chi connectivity index (χ1v) is 7.75. The SMILES string of the molecule is O=[N+]([O-])c1cc(Br)cnc1N1CCC(c2c(F)cccc2F)C1. The Kier molecular flexibility index (Phi) is 4.25. The summed E-state index contributed by atoms with van der Waals surface area (Å²) in [6, 6.07) is 5.14. The zero-order valence-electron chi connectivity index (χ0n) is 11.9. The summed E-state index contributed by atoms with van der Waals surface area (Å²) in [6.45, 7) is 0.737. The van der Waals surface area contributed by atoms with Crippen molar-refractivity contribution in [2.45, 2.75) is 12.3 Å². The Labute approximate surface area is 139 Å². The Morgan fingerprint density at radius 2 is 2.04 bits per heavy atom. The van der Waals surface area contributed by atoms with Crippen LogP contribution in [0, 0.1) is 21.7 Å². The molecule has 1 aromatic heterocycles. The normalized spacial score (nSPS) is 17.5. The maximum absolute atomic E-state index is 13.9. The van der Waals surface area contributed by atoms with Crippen LogP contribution in [0.2, 0.25) is 0 Å². The topological polar surface area (TPSA) is 59.3 Å². The van der Waals surface area contributed by atoms with E-state index in [9.17, 15) is 18.9 Å². The molecule has 23 heavy (non-hydrogen) atoms. The second kappa shape index (κ2) is 6.19. The van der Waals surface area contributed by atoms with Gasteiger partial charge in [0.05, 0.1) is 4.92 Å². The third-order valence-electron chi connectivity index (χ3n) is 3.91. The number of anilines is 1. The summed E-state index contributed by atoms with van der Waals surface area (Å²) in [5, 5.41) is 11.2. The van der Waals surface area contributed by atoms with E-state index in [1.54, 1.807) is 4.90 Å². The van der Waals surface area contributed by atoms with Crippen molar-refractivity contribution in [1.82, 2.24) is 4.98 Å². The zero-order chi connectivity index (χ0) is 16.6. The van der Waals surface area contributed by atoms with E-state index in [4.69, 9.17) is 0 Å². The summed E-state index contributed by atoms with van der Waals surface area (Å²) >= 11 is 3.16. The molecule has 0 amide bonds. The van der Waals surface area contributed by atoms with E-state index >= 15 is 0 Å². The molecule has 120 valence electrons. The first kappa shape index (κ1) is 15.8. The van der Waals surface area contributed by atoms with E-state index in [1.807, 2.05) is 0 Å². The molecular formula is C15H12BrF2N3O2. The summed E-state index contributed by atoms with van der Waals surface area (Å²) in [5.74, 6) is -1.32. The van der Waals surface area contributed by atoms with E-state index in [0.29, 0.717) is 17.4 Å². The lowest BCUT2D eigenvalue weighted by Crippen LogP contribution is -2.22. The van der Waals surface area contributed by atoms with Crippen LogP contribution >= 0.6 is 15.9 Å². The molecule has 1 atom stereocenters. The number of nitro groups is 1. The summed E-state index contributed by atoms with van der Waals surface area (Å²) in [7, 11) is 0. The van der Waals surface area contributed by atoms with Gasteiger partial charge in [-0.3, -0.25) is 10.1 Å². The van der Waals surface area contributed by atoms with Gasteiger partial charge in [0.2, 0.25) is 5.82 Å². The highest BCUT2D eigenvalue weighted by atomic mass is 79.9. The van der Waals surface area contributed by atoms with Crippen LogP contribution in [0.1, 0.15) is 17.9 Å². The molecule has 1 aromatic carbocycles. The van der Waals surface area contributed by atoms with Gasteiger partial charge in [-0.15, -0.1) is 0 Å². The van der Waals surface area contributed by atoms with Crippen molar-refractivity contribution < 1.29 is 13.7 Å². The maximum Gasteiger partial charge on any atom is 0.312 e. The summed E-state index contributed by atoms with van der Waals surface area (Å²) in [4.78, 5) is 16.5. The van der Waals surface area contributed by atoms with E-state index in [-0.39, 0.29) is 29.5 Å². The number of aromatic nitrogens is 1. The molecule has 0 N–H and O–H groups in total. The van der Waals surface area contributed by atoms with Crippen molar-refractivity contribution in [3.8, 4) is 0 Å². The minimum atomic E-state index is -0.588. The predicted molar refractivity (Wildman–Crippen MR) is 84.5 cm³/mol. The van der Waals surface area contributed by atoms with Gasteiger partial charge >= 0.3 is 5.69 Å². The second-order valence-corrected chi connectivity index (χ2v) is 6.24. The van der Waals surface area contributed by atoms with Gasteiger partial charge < -0.3 is 4.90 Å². The van der Waals surface area contributed by atoms with Crippen LogP contribution < -0.4 is 4.90 Å². The number of pyridine rings is 1. The zero-order valence-corrected chi connectivity index (χ0v) is 13.5. The number of hydrogen-bond acceptors (Lipinski definition) is 4. The predicted octanol–water partition coefficient (Wildman–Crippen LogP) is 4.02. The Bertz CT molecular complexity index is 752. The molecule has 1 saturated heterocycles. The minimum absolute atomic E-state index is 0.0368. The van der Waals surface area contributed by atoms with Crippen LogP contribution in [0.15, 0.2) is 34.9 Å². The molecular weight excluding hydrogens is 372 g/mol. The average molecular weight is 384 g/mol. The summed E-state index contributed by atoms with van der Waals surface area (Å²) in [6.07, 6.45) is 1.98. The highest BCUT2D eigenvalue weighted by Crippen LogP contribution is 2.36. The summed E-state index contributed by atoms with van der Waals surface area (Å²) in [5.41, 5.74) is -0.0937. The van der Waals surface area contributed by atoms with Gasteiger partial charge in [-0.25, -0.2) is 13.8 Å². The molecule has 0 aliphatic carbocycles. The molecule has 1 aliphatic rings. The molecule has 2 aromatic rings. The summed E-state index contributed by atoms with van der Waals surface area (Å²) < 4.78 is 28.3. The van der Waals surface area contributed by atoms with Crippen molar-refractivity contribution in [2.24, 2.45) is 0 Å². The van der Waals surface area contributed by atoms with Gasteiger partial charge in [-0.1, -0.05) is 6.07 Å². The van der Waals surface area contributed by atoms with Gasteiger partial charge in [0, 0.05) is 41.3 Å². The number of benzene rings is 1. The lowest BCUT2D eigenvalue weighted by Gasteiger charge is -2.18. The standard InChI is InChI=1S/C15H12BrF2N3O2/c16-10-6-13(21(22)23)15(19-7-10)20-5-4-9(8-20)14-11(17)2-1-3-12(14)18/h1-3,6-7,9H,4-5,8H2. The number of rotatable bonds is 3. The smallest absolute Gasteiger partial charge is 0.312 e. The highest BCUT2D eigenvalue weighted by molar-refractivity contribution is 9.10. The van der Waals surface area contributed by atoms with Crippen molar-refractivity contribution in [3.05, 3.63) is 62.2 Å². The Morgan fingerprint density at radius 1 is 1.35 bits per heavy atom. The molecule has 8 heteroatoms. The van der Waals surface area contributed by atoms with E-state index in [0.717, 1.165) is 0 Å². The Morgan fingerprint density at radius 3 is 2.70 bits per heavy atom. The van der Waals surface area contributed by atoms with Gasteiger partial charge in [0.15, 0.2) is 0 Å². The third-order valence-corrected chi connectivity index (χ3v) is 4.34. The largest absolute Gasteiger partial charge is 0.350 e. The van der Waals surface area contributed by atoms with Crippen molar-refractivity contribution in [1.29, 1.82) is 0 Å². The van der Waals surface area contributed by atoms with Crippen molar-refractivity contribution in [2.75, 3.05) is 18.0 Å². The quantitative estimate of drug-likeness (QED) is 0.593. The first-order valence-electron chi connectivity index (χ1n) is 6.96. The molecule has 1 aliphatic heterocycles. The lowest BCUT2D eigenvalue weighted by molar-refractivity contribution is -0.384. The van der Waals surface area contributed by atoms with Gasteiger partial charge in [0.25, 0.3) is 0 Å². The van der Waals surface area contributed by atoms with Crippen LogP contribution in [0.25, 0.3) is 0 Å². The molecule has 0 saturated carbocycles. The van der Waals surface area contributed by atoms with Crippen LogP contribution in [0.3, 0.4) is 0 Å². The Hall–Kier alpha value is -2.09. The Balaban J connectivity index is 1.90.